The fourth-order valence-corrected chi connectivity index (χ4v) is 9.18. The summed E-state index contributed by atoms with van der Waals surface area (Å²) in [7, 11) is -1.75. The van der Waals surface area contributed by atoms with Crippen molar-refractivity contribution >= 4 is 18.5 Å². The van der Waals surface area contributed by atoms with Gasteiger partial charge in [-0.25, -0.2) is 0 Å². The van der Waals surface area contributed by atoms with E-state index in [0.717, 1.165) is 0 Å². The summed E-state index contributed by atoms with van der Waals surface area (Å²) in [4.78, 5) is 0. The molecule has 0 rings (SSSR count). The molecule has 0 fully saturated rings. The number of rotatable bonds is 5. The summed E-state index contributed by atoms with van der Waals surface area (Å²) < 4.78 is 0. The molecule has 0 aromatic heterocycles. The Hall–Kier alpha value is 0.507. The molecule has 0 N–H and O–H groups in total. The van der Waals surface area contributed by atoms with E-state index in [4.69, 9.17) is 11.1 Å². The molecular weight excluding hydrogens is 220 g/mol. The van der Waals surface area contributed by atoms with E-state index < -0.39 is 7.38 Å². The lowest BCUT2D eigenvalue weighted by Gasteiger charge is -2.49. The van der Waals surface area contributed by atoms with Gasteiger partial charge >= 0.3 is 0 Å². The van der Waals surface area contributed by atoms with Gasteiger partial charge in [0.05, 0.1) is 0 Å². The third kappa shape index (κ3) is 2.61. The highest BCUT2D eigenvalue weighted by Crippen LogP contribution is 2.57. The highest BCUT2D eigenvalue weighted by Gasteiger charge is 2.52. The molecule has 0 aromatic rings. The summed E-state index contributed by atoms with van der Waals surface area (Å²) in [5.74, 6) is 0.665. The molecule has 0 aliphatic rings. The van der Waals surface area contributed by atoms with E-state index in [1.54, 1.807) is 0 Å². The van der Waals surface area contributed by atoms with Gasteiger partial charge < -0.3 is 0 Å². The van der Waals surface area contributed by atoms with Crippen molar-refractivity contribution in [2.45, 2.75) is 77.9 Å². The molecule has 92 valence electrons. The maximum Gasteiger partial charge on any atom is 0.167 e. The van der Waals surface area contributed by atoms with Gasteiger partial charge in [0.1, 0.15) is 0 Å². The zero-order valence-electron chi connectivity index (χ0n) is 11.8. The van der Waals surface area contributed by atoms with Crippen LogP contribution in [-0.4, -0.2) is 7.38 Å². The summed E-state index contributed by atoms with van der Waals surface area (Å²) in [6, 6.07) is 0. The zero-order chi connectivity index (χ0) is 12.4. The van der Waals surface area contributed by atoms with Gasteiger partial charge in [0.15, 0.2) is 7.38 Å². The van der Waals surface area contributed by atoms with Crippen LogP contribution in [0.15, 0.2) is 0 Å². The smallest absolute Gasteiger partial charge is 0.166 e. The number of halogens is 1. The van der Waals surface area contributed by atoms with Crippen molar-refractivity contribution in [2.75, 3.05) is 0 Å². The van der Waals surface area contributed by atoms with Crippen LogP contribution in [0.4, 0.5) is 0 Å². The number of hydrogen-bond acceptors (Lipinski definition) is 0. The second-order valence-corrected chi connectivity index (χ2v) is 12.9. The lowest BCUT2D eigenvalue weighted by atomic mass is 9.99. The Kier molecular flexibility index (Phi) is 5.40. The molecule has 0 nitrogen and oxygen atoms in total. The molecule has 0 amide bonds. The van der Waals surface area contributed by atoms with Crippen molar-refractivity contribution in [1.82, 2.24) is 0 Å². The molecule has 0 saturated carbocycles. The summed E-state index contributed by atoms with van der Waals surface area (Å²) in [5.41, 5.74) is 1.34. The molecule has 0 aliphatic heterocycles. The minimum absolute atomic E-state index is 0.304. The van der Waals surface area contributed by atoms with Crippen molar-refractivity contribution in [3.05, 3.63) is 0 Å². The van der Waals surface area contributed by atoms with Gasteiger partial charge in [-0.15, -0.1) is 0 Å². The summed E-state index contributed by atoms with van der Waals surface area (Å²) in [5, 5.41) is 0.304. The monoisotopic (exact) mass is 248 g/mol. The Morgan fingerprint density at radius 2 is 1.47 bits per heavy atom. The zero-order valence-corrected chi connectivity index (χ0v) is 13.6. The Morgan fingerprint density at radius 3 is 1.67 bits per heavy atom. The van der Waals surface area contributed by atoms with E-state index in [1.807, 2.05) is 0 Å². The molecule has 0 aromatic carbocycles. The lowest BCUT2D eigenvalue weighted by Crippen LogP contribution is -2.48. The fourth-order valence-electron chi connectivity index (χ4n) is 2.69. The first-order valence-electron chi connectivity index (χ1n) is 6.31. The van der Waals surface area contributed by atoms with E-state index in [0.29, 0.717) is 22.0 Å². The Labute approximate surface area is 103 Å². The van der Waals surface area contributed by atoms with Crippen molar-refractivity contribution in [2.24, 2.45) is 5.92 Å². The highest BCUT2D eigenvalue weighted by atomic mass is 35.6. The average molecular weight is 249 g/mol. The molecule has 0 saturated heterocycles. The van der Waals surface area contributed by atoms with Gasteiger partial charge in [0, 0.05) is 0 Å². The van der Waals surface area contributed by atoms with E-state index >= 15 is 0 Å². The van der Waals surface area contributed by atoms with Crippen molar-refractivity contribution in [3.8, 4) is 0 Å². The minimum Gasteiger partial charge on any atom is -0.166 e. The fraction of sp³-hybridized carbons (Fsp3) is 1.00. The molecule has 0 heterocycles. The van der Waals surface area contributed by atoms with E-state index in [-0.39, 0.29) is 0 Å². The Bertz CT molecular complexity index is 199. The molecule has 15 heavy (non-hydrogen) atoms. The largest absolute Gasteiger partial charge is 0.167 e. The minimum atomic E-state index is -1.75. The second-order valence-electron chi connectivity index (χ2n) is 6.11. The normalized spacial score (nSPS) is 19.4. The Morgan fingerprint density at radius 1 is 1.07 bits per heavy atom. The third-order valence-electron chi connectivity index (χ3n) is 4.60. The predicted molar refractivity (Wildman–Crippen MR) is 75.3 cm³/mol. The van der Waals surface area contributed by atoms with Gasteiger partial charge in [0.2, 0.25) is 0 Å². The van der Waals surface area contributed by atoms with Crippen LogP contribution in [0.5, 0.6) is 0 Å². The standard InChI is InChI=1S/C13H29ClSi/c1-9-12(6)15(14,11(4)5)13(7,8)10(2)3/h10-12H,9H2,1-8H3. The molecule has 0 spiro atoms. The first-order chi connectivity index (χ1) is 6.62. The van der Waals surface area contributed by atoms with Gasteiger partial charge in [0.25, 0.3) is 0 Å². The highest BCUT2D eigenvalue weighted by molar-refractivity contribution is 7.23. The van der Waals surface area contributed by atoms with Crippen LogP contribution in [0.25, 0.3) is 0 Å². The molecule has 0 aliphatic carbocycles. The molecule has 0 radical (unpaired) electrons. The maximum atomic E-state index is 7.15. The van der Waals surface area contributed by atoms with E-state index in [9.17, 15) is 0 Å². The van der Waals surface area contributed by atoms with Crippen LogP contribution in [0.3, 0.4) is 0 Å². The topological polar surface area (TPSA) is 0 Å². The number of hydrogen-bond donors (Lipinski definition) is 0. The summed E-state index contributed by atoms with van der Waals surface area (Å²) in [6.07, 6.45) is 1.21. The van der Waals surface area contributed by atoms with E-state index in [1.165, 1.54) is 6.42 Å². The first-order valence-corrected chi connectivity index (χ1v) is 9.47. The van der Waals surface area contributed by atoms with Gasteiger partial charge in [-0.2, -0.15) is 11.1 Å². The van der Waals surface area contributed by atoms with Crippen LogP contribution in [-0.2, 0) is 0 Å². The lowest BCUT2D eigenvalue weighted by molar-refractivity contribution is 0.447. The van der Waals surface area contributed by atoms with Gasteiger partial charge in [-0.3, -0.25) is 0 Å². The SMILES string of the molecule is CCC(C)[Si](Cl)(C(C)C)C(C)(C)C(C)C. The molecule has 2 unspecified atom stereocenters. The van der Waals surface area contributed by atoms with Crippen molar-refractivity contribution in [1.29, 1.82) is 0 Å². The third-order valence-corrected chi connectivity index (χ3v) is 14.6. The molecule has 0 bridgehead atoms. The van der Waals surface area contributed by atoms with E-state index in [2.05, 4.69) is 55.4 Å². The maximum absolute atomic E-state index is 7.15. The predicted octanol–water partition coefficient (Wildman–Crippen LogP) is 5.82. The van der Waals surface area contributed by atoms with Gasteiger partial charge in [-0.05, 0) is 22.0 Å². The van der Waals surface area contributed by atoms with Crippen LogP contribution in [0, 0.1) is 5.92 Å². The van der Waals surface area contributed by atoms with Crippen LogP contribution < -0.4 is 0 Å². The van der Waals surface area contributed by atoms with Crippen LogP contribution in [0.1, 0.15) is 61.8 Å². The molecule has 2 atom stereocenters. The molecular formula is C13H29ClSi. The second kappa shape index (κ2) is 5.22. The quantitative estimate of drug-likeness (QED) is 0.425. The van der Waals surface area contributed by atoms with Crippen molar-refractivity contribution in [3.63, 3.8) is 0 Å². The van der Waals surface area contributed by atoms with Crippen LogP contribution in [0.2, 0.25) is 16.1 Å². The van der Waals surface area contributed by atoms with Crippen LogP contribution >= 0.6 is 11.1 Å². The van der Waals surface area contributed by atoms with Gasteiger partial charge in [-0.1, -0.05) is 61.8 Å². The Balaban J connectivity index is 5.29. The molecule has 2 heteroatoms. The summed E-state index contributed by atoms with van der Waals surface area (Å²) >= 11 is 7.15. The van der Waals surface area contributed by atoms with Crippen molar-refractivity contribution < 1.29 is 0 Å². The first kappa shape index (κ1) is 15.5. The summed E-state index contributed by atoms with van der Waals surface area (Å²) in [6.45, 7) is 18.6. The average Bonchev–Trinajstić information content (AvgIpc) is 2.14.